The van der Waals surface area contributed by atoms with Gasteiger partial charge in [-0.25, -0.2) is 4.98 Å². The number of fused-ring (bicyclic) bond motifs is 1. The number of rotatable bonds is 6. The number of thioether (sulfide) groups is 1. The van der Waals surface area contributed by atoms with Crippen LogP contribution < -0.4 is 10.2 Å². The highest BCUT2D eigenvalue weighted by Gasteiger charge is 2.21. The van der Waals surface area contributed by atoms with Crippen molar-refractivity contribution < 1.29 is 4.79 Å². The van der Waals surface area contributed by atoms with Crippen LogP contribution in [0.1, 0.15) is 42.5 Å². The van der Waals surface area contributed by atoms with Crippen molar-refractivity contribution in [1.82, 2.24) is 10.3 Å². The number of carbonyl (C=O) groups excluding carboxylic acids is 1. The van der Waals surface area contributed by atoms with E-state index in [2.05, 4.69) is 17.3 Å². The summed E-state index contributed by atoms with van der Waals surface area (Å²) in [5.74, 6) is 1.82. The zero-order valence-corrected chi connectivity index (χ0v) is 15.9. The maximum absolute atomic E-state index is 12.7. The maximum Gasteiger partial charge on any atom is 0.252 e. The minimum atomic E-state index is -0.00839. The van der Waals surface area contributed by atoms with Crippen LogP contribution in [-0.4, -0.2) is 42.5 Å². The Morgan fingerprint density at radius 1 is 1.28 bits per heavy atom. The summed E-state index contributed by atoms with van der Waals surface area (Å²) in [6.45, 7) is 0.685. The Balaban J connectivity index is 1.92. The SMILES string of the molecule is CSCCNC(=O)c1cc(N(C)C2CCCCC2)nc2ccccc12. The van der Waals surface area contributed by atoms with Crippen LogP contribution in [0.5, 0.6) is 0 Å². The van der Waals surface area contributed by atoms with Crippen molar-refractivity contribution in [3.05, 3.63) is 35.9 Å². The molecule has 1 amide bonds. The van der Waals surface area contributed by atoms with Gasteiger partial charge < -0.3 is 10.2 Å². The first-order valence-electron chi connectivity index (χ1n) is 9.10. The summed E-state index contributed by atoms with van der Waals surface area (Å²) in [5.41, 5.74) is 1.61. The smallest absolute Gasteiger partial charge is 0.252 e. The van der Waals surface area contributed by atoms with Gasteiger partial charge in [0.1, 0.15) is 5.82 Å². The number of para-hydroxylation sites is 1. The summed E-state index contributed by atoms with van der Waals surface area (Å²) < 4.78 is 0. The molecule has 25 heavy (non-hydrogen) atoms. The van der Waals surface area contributed by atoms with Gasteiger partial charge in [-0.05, 0) is 31.2 Å². The number of hydrogen-bond donors (Lipinski definition) is 1. The van der Waals surface area contributed by atoms with Gasteiger partial charge in [0.2, 0.25) is 0 Å². The third-order valence-electron chi connectivity index (χ3n) is 5.02. The summed E-state index contributed by atoms with van der Waals surface area (Å²) in [5, 5.41) is 3.95. The molecular weight excluding hydrogens is 330 g/mol. The normalized spacial score (nSPS) is 15.3. The van der Waals surface area contributed by atoms with Crippen molar-refractivity contribution in [2.75, 3.05) is 30.5 Å². The van der Waals surface area contributed by atoms with Crippen LogP contribution in [0.15, 0.2) is 30.3 Å². The first-order valence-corrected chi connectivity index (χ1v) is 10.5. The van der Waals surface area contributed by atoms with E-state index in [9.17, 15) is 4.79 Å². The van der Waals surface area contributed by atoms with Gasteiger partial charge in [0.25, 0.3) is 5.91 Å². The van der Waals surface area contributed by atoms with E-state index in [4.69, 9.17) is 4.98 Å². The number of amides is 1. The second-order valence-corrected chi connectivity index (χ2v) is 7.68. The highest BCUT2D eigenvalue weighted by atomic mass is 32.2. The molecule has 1 aromatic carbocycles. The van der Waals surface area contributed by atoms with Crippen LogP contribution in [-0.2, 0) is 0 Å². The van der Waals surface area contributed by atoms with Gasteiger partial charge in [0.05, 0.1) is 11.1 Å². The van der Waals surface area contributed by atoms with E-state index in [-0.39, 0.29) is 5.91 Å². The fourth-order valence-corrected chi connectivity index (χ4v) is 3.85. The lowest BCUT2D eigenvalue weighted by Gasteiger charge is -2.32. The van der Waals surface area contributed by atoms with Gasteiger partial charge in [-0.15, -0.1) is 0 Å². The molecule has 0 bridgehead atoms. The molecule has 4 nitrogen and oxygen atoms in total. The van der Waals surface area contributed by atoms with Crippen LogP contribution >= 0.6 is 11.8 Å². The Hall–Kier alpha value is -1.75. The molecule has 0 saturated heterocycles. The number of carbonyl (C=O) groups is 1. The summed E-state index contributed by atoms with van der Waals surface area (Å²) in [4.78, 5) is 19.8. The second kappa shape index (κ2) is 8.56. The Bertz CT molecular complexity index is 728. The standard InChI is InChI=1S/C20H27N3OS/c1-23(15-8-4-3-5-9-15)19-14-17(20(24)21-12-13-25-2)16-10-6-7-11-18(16)22-19/h6-7,10-11,14-15H,3-5,8-9,12-13H2,1-2H3,(H,21,24). The summed E-state index contributed by atoms with van der Waals surface area (Å²) >= 11 is 1.73. The Morgan fingerprint density at radius 3 is 2.80 bits per heavy atom. The lowest BCUT2D eigenvalue weighted by molar-refractivity contribution is 0.0958. The Labute approximate surface area is 154 Å². The van der Waals surface area contributed by atoms with Gasteiger partial charge in [0, 0.05) is 30.8 Å². The third kappa shape index (κ3) is 4.27. The van der Waals surface area contributed by atoms with E-state index in [1.807, 2.05) is 36.6 Å². The van der Waals surface area contributed by atoms with Crippen molar-refractivity contribution in [3.63, 3.8) is 0 Å². The predicted molar refractivity (Wildman–Crippen MR) is 108 cm³/mol. The van der Waals surface area contributed by atoms with Crippen LogP contribution in [0.2, 0.25) is 0 Å². The molecule has 3 rings (SSSR count). The highest BCUT2D eigenvalue weighted by Crippen LogP contribution is 2.28. The number of hydrogen-bond acceptors (Lipinski definition) is 4. The number of nitrogens with one attached hydrogen (secondary N) is 1. The van der Waals surface area contributed by atoms with Gasteiger partial charge in [-0.3, -0.25) is 4.79 Å². The van der Waals surface area contributed by atoms with Crippen molar-refractivity contribution >= 4 is 34.4 Å². The molecule has 1 N–H and O–H groups in total. The molecule has 1 aliphatic carbocycles. The fourth-order valence-electron chi connectivity index (χ4n) is 3.55. The van der Waals surface area contributed by atoms with E-state index >= 15 is 0 Å². The van der Waals surface area contributed by atoms with Crippen molar-refractivity contribution in [1.29, 1.82) is 0 Å². The average molecular weight is 358 g/mol. The molecule has 0 spiro atoms. The molecule has 2 aromatic rings. The number of aromatic nitrogens is 1. The van der Waals surface area contributed by atoms with Gasteiger partial charge >= 0.3 is 0 Å². The third-order valence-corrected chi connectivity index (χ3v) is 5.64. The first-order chi connectivity index (χ1) is 12.2. The number of anilines is 1. The fraction of sp³-hybridized carbons (Fsp3) is 0.500. The zero-order chi connectivity index (χ0) is 17.6. The molecule has 1 fully saturated rings. The van der Waals surface area contributed by atoms with Crippen LogP contribution in [0.25, 0.3) is 10.9 Å². The molecular formula is C20H27N3OS. The molecule has 1 aliphatic rings. The lowest BCUT2D eigenvalue weighted by Crippen LogP contribution is -2.34. The summed E-state index contributed by atoms with van der Waals surface area (Å²) in [6.07, 6.45) is 8.36. The molecule has 1 saturated carbocycles. The van der Waals surface area contributed by atoms with Crippen LogP contribution in [0.4, 0.5) is 5.82 Å². The molecule has 1 heterocycles. The number of pyridine rings is 1. The molecule has 1 aromatic heterocycles. The second-order valence-electron chi connectivity index (χ2n) is 6.70. The molecule has 0 radical (unpaired) electrons. The minimum Gasteiger partial charge on any atom is -0.357 e. The maximum atomic E-state index is 12.7. The zero-order valence-electron chi connectivity index (χ0n) is 15.1. The minimum absolute atomic E-state index is 0.00839. The lowest BCUT2D eigenvalue weighted by atomic mass is 9.94. The number of benzene rings is 1. The Morgan fingerprint density at radius 2 is 2.04 bits per heavy atom. The Kier molecular flexibility index (Phi) is 6.19. The van der Waals surface area contributed by atoms with E-state index in [0.717, 1.165) is 28.0 Å². The van der Waals surface area contributed by atoms with E-state index < -0.39 is 0 Å². The average Bonchev–Trinajstić information content (AvgIpc) is 2.67. The molecule has 0 unspecified atom stereocenters. The summed E-state index contributed by atoms with van der Waals surface area (Å²) in [7, 11) is 2.11. The van der Waals surface area contributed by atoms with Crippen molar-refractivity contribution in [2.24, 2.45) is 0 Å². The monoisotopic (exact) mass is 357 g/mol. The quantitative estimate of drug-likeness (QED) is 0.791. The first kappa shape index (κ1) is 18.1. The predicted octanol–water partition coefficient (Wildman–Crippen LogP) is 4.10. The molecule has 0 aliphatic heterocycles. The largest absolute Gasteiger partial charge is 0.357 e. The molecule has 134 valence electrons. The number of nitrogens with zero attached hydrogens (tertiary/aromatic N) is 2. The topological polar surface area (TPSA) is 45.2 Å². The molecule has 0 atom stereocenters. The van der Waals surface area contributed by atoms with Crippen LogP contribution in [0.3, 0.4) is 0 Å². The van der Waals surface area contributed by atoms with Gasteiger partial charge in [-0.2, -0.15) is 11.8 Å². The van der Waals surface area contributed by atoms with Gasteiger partial charge in [0.15, 0.2) is 0 Å². The highest BCUT2D eigenvalue weighted by molar-refractivity contribution is 7.98. The van der Waals surface area contributed by atoms with E-state index in [1.165, 1.54) is 32.1 Å². The molecule has 5 heteroatoms. The van der Waals surface area contributed by atoms with Crippen molar-refractivity contribution in [2.45, 2.75) is 38.1 Å². The van der Waals surface area contributed by atoms with Gasteiger partial charge in [-0.1, -0.05) is 37.5 Å². The van der Waals surface area contributed by atoms with E-state index in [0.29, 0.717) is 12.6 Å². The summed E-state index contributed by atoms with van der Waals surface area (Å²) in [6, 6.07) is 10.4. The van der Waals surface area contributed by atoms with Crippen molar-refractivity contribution in [3.8, 4) is 0 Å². The van der Waals surface area contributed by atoms with E-state index in [1.54, 1.807) is 11.8 Å². The van der Waals surface area contributed by atoms with Crippen LogP contribution in [0, 0.1) is 0 Å².